The van der Waals surface area contributed by atoms with Crippen molar-refractivity contribution in [2.75, 3.05) is 13.2 Å². The van der Waals surface area contributed by atoms with Gasteiger partial charge in [-0.05, 0) is 42.8 Å². The van der Waals surface area contributed by atoms with Crippen LogP contribution in [0.4, 0.5) is 0 Å². The van der Waals surface area contributed by atoms with E-state index in [4.69, 9.17) is 14.2 Å². The van der Waals surface area contributed by atoms with Gasteiger partial charge in [0.1, 0.15) is 25.5 Å². The highest BCUT2D eigenvalue weighted by Gasteiger charge is 2.11. The van der Waals surface area contributed by atoms with Gasteiger partial charge in [-0.3, -0.25) is 9.20 Å². The molecule has 0 N–H and O–H groups in total. The van der Waals surface area contributed by atoms with E-state index in [0.29, 0.717) is 36.1 Å². The maximum absolute atomic E-state index is 12.2. The van der Waals surface area contributed by atoms with Gasteiger partial charge in [-0.2, -0.15) is 0 Å². The molecule has 0 spiro atoms. The van der Waals surface area contributed by atoms with Gasteiger partial charge in [-0.1, -0.05) is 12.1 Å². The zero-order valence-electron chi connectivity index (χ0n) is 15.3. The van der Waals surface area contributed by atoms with Crippen molar-refractivity contribution in [1.29, 1.82) is 0 Å². The molecular formula is C21H18N2O5. The lowest BCUT2D eigenvalue weighted by Crippen LogP contribution is -2.18. The molecule has 3 aromatic rings. The van der Waals surface area contributed by atoms with Crippen molar-refractivity contribution in [3.8, 4) is 11.5 Å². The van der Waals surface area contributed by atoms with E-state index in [1.807, 2.05) is 25.1 Å². The highest BCUT2D eigenvalue weighted by Crippen LogP contribution is 2.31. The first-order valence-electron chi connectivity index (χ1n) is 8.83. The number of carbonyl (C=O) groups is 1. The zero-order valence-corrected chi connectivity index (χ0v) is 15.3. The summed E-state index contributed by atoms with van der Waals surface area (Å²) in [6.07, 6.45) is 2.95. The number of carbonyl (C=O) groups excluding carboxylic acids is 1. The van der Waals surface area contributed by atoms with Gasteiger partial charge < -0.3 is 14.2 Å². The van der Waals surface area contributed by atoms with Crippen LogP contribution >= 0.6 is 0 Å². The molecule has 0 atom stereocenters. The number of rotatable bonds is 4. The molecular weight excluding hydrogens is 360 g/mol. The minimum Gasteiger partial charge on any atom is -0.486 e. The predicted molar refractivity (Wildman–Crippen MR) is 102 cm³/mol. The van der Waals surface area contributed by atoms with Gasteiger partial charge in [0.2, 0.25) is 0 Å². The van der Waals surface area contributed by atoms with E-state index in [1.54, 1.807) is 24.3 Å². The van der Waals surface area contributed by atoms with Gasteiger partial charge in [-0.15, -0.1) is 0 Å². The van der Waals surface area contributed by atoms with Crippen LogP contribution in [0.2, 0.25) is 0 Å². The molecule has 2 aromatic heterocycles. The molecule has 0 unspecified atom stereocenters. The largest absolute Gasteiger partial charge is 0.486 e. The SMILES string of the molecule is Cc1cccc2nc(COC(=O)/C=C/c3ccc4c(c3)OCCO4)cc(=O)n12. The molecule has 0 aliphatic carbocycles. The summed E-state index contributed by atoms with van der Waals surface area (Å²) in [5.41, 5.74) is 2.29. The van der Waals surface area contributed by atoms with Crippen molar-refractivity contribution in [2.45, 2.75) is 13.5 Å². The molecule has 1 aliphatic heterocycles. The van der Waals surface area contributed by atoms with Crippen LogP contribution in [0.5, 0.6) is 11.5 Å². The average Bonchev–Trinajstić information content (AvgIpc) is 2.70. The number of ether oxygens (including phenoxy) is 3. The van der Waals surface area contributed by atoms with Crippen LogP contribution in [0.25, 0.3) is 11.7 Å². The molecule has 0 amide bonds. The predicted octanol–water partition coefficient (Wildman–Crippen LogP) is 2.53. The summed E-state index contributed by atoms with van der Waals surface area (Å²) in [6.45, 7) is 2.78. The lowest BCUT2D eigenvalue weighted by atomic mass is 10.2. The van der Waals surface area contributed by atoms with E-state index in [2.05, 4.69) is 4.98 Å². The number of nitrogens with zero attached hydrogens (tertiary/aromatic N) is 2. The Morgan fingerprint density at radius 3 is 2.86 bits per heavy atom. The topological polar surface area (TPSA) is 79.1 Å². The highest BCUT2D eigenvalue weighted by atomic mass is 16.6. The Balaban J connectivity index is 1.43. The number of hydrogen-bond acceptors (Lipinski definition) is 6. The summed E-state index contributed by atoms with van der Waals surface area (Å²) >= 11 is 0. The van der Waals surface area contributed by atoms with Gasteiger partial charge in [0.15, 0.2) is 11.5 Å². The van der Waals surface area contributed by atoms with Crippen LogP contribution in [0.1, 0.15) is 17.0 Å². The van der Waals surface area contributed by atoms with E-state index in [9.17, 15) is 9.59 Å². The first-order valence-corrected chi connectivity index (χ1v) is 8.83. The number of benzene rings is 1. The first-order chi connectivity index (χ1) is 13.6. The van der Waals surface area contributed by atoms with Gasteiger partial charge in [0.05, 0.1) is 5.69 Å². The van der Waals surface area contributed by atoms with Crippen molar-refractivity contribution in [1.82, 2.24) is 9.38 Å². The second-order valence-corrected chi connectivity index (χ2v) is 6.29. The fraction of sp³-hybridized carbons (Fsp3) is 0.190. The number of esters is 1. The molecule has 0 saturated heterocycles. The fourth-order valence-corrected chi connectivity index (χ4v) is 2.96. The molecule has 0 radical (unpaired) electrons. The molecule has 1 aliphatic rings. The molecule has 0 saturated carbocycles. The molecule has 1 aromatic carbocycles. The average molecular weight is 378 g/mol. The summed E-state index contributed by atoms with van der Waals surface area (Å²) in [5.74, 6) is 0.814. The second kappa shape index (κ2) is 7.56. The quantitative estimate of drug-likeness (QED) is 0.513. The van der Waals surface area contributed by atoms with E-state index < -0.39 is 5.97 Å². The number of hydrogen-bond donors (Lipinski definition) is 0. The molecule has 3 heterocycles. The molecule has 4 rings (SSSR count). The Bertz CT molecular complexity index is 1130. The van der Waals surface area contributed by atoms with Gasteiger partial charge >= 0.3 is 5.97 Å². The highest BCUT2D eigenvalue weighted by molar-refractivity contribution is 5.87. The van der Waals surface area contributed by atoms with Crippen LogP contribution < -0.4 is 15.0 Å². The summed E-state index contributed by atoms with van der Waals surface area (Å²) in [6, 6.07) is 12.2. The van der Waals surface area contributed by atoms with E-state index in [1.165, 1.54) is 16.5 Å². The second-order valence-electron chi connectivity index (χ2n) is 6.29. The Labute approximate surface area is 160 Å². The van der Waals surface area contributed by atoms with Gasteiger partial charge in [0, 0.05) is 17.8 Å². The number of aryl methyl sites for hydroxylation is 1. The Morgan fingerprint density at radius 1 is 1.18 bits per heavy atom. The zero-order chi connectivity index (χ0) is 19.5. The van der Waals surface area contributed by atoms with Crippen molar-refractivity contribution >= 4 is 17.7 Å². The monoisotopic (exact) mass is 378 g/mol. The van der Waals surface area contributed by atoms with Crippen molar-refractivity contribution in [3.05, 3.63) is 75.8 Å². The third kappa shape index (κ3) is 3.73. The Morgan fingerprint density at radius 2 is 2.00 bits per heavy atom. The smallest absolute Gasteiger partial charge is 0.331 e. The number of fused-ring (bicyclic) bond motifs is 2. The molecule has 142 valence electrons. The van der Waals surface area contributed by atoms with Crippen molar-refractivity contribution in [2.24, 2.45) is 0 Å². The Hall–Kier alpha value is -3.61. The summed E-state index contributed by atoms with van der Waals surface area (Å²) < 4.78 is 17.7. The van der Waals surface area contributed by atoms with Gasteiger partial charge in [-0.25, -0.2) is 9.78 Å². The molecule has 7 heteroatoms. The standard InChI is InChI=1S/C21H18N2O5/c1-14-3-2-4-19-22-16(12-20(24)23(14)19)13-28-21(25)8-6-15-5-7-17-18(11-15)27-10-9-26-17/h2-8,11-12H,9-10,13H2,1H3/b8-6+. The maximum atomic E-state index is 12.2. The van der Waals surface area contributed by atoms with Crippen LogP contribution in [0.3, 0.4) is 0 Å². The molecule has 0 bridgehead atoms. The summed E-state index contributed by atoms with van der Waals surface area (Å²) in [4.78, 5) is 28.6. The minimum absolute atomic E-state index is 0.0794. The first kappa shape index (κ1) is 17.8. The third-order valence-electron chi connectivity index (χ3n) is 4.27. The van der Waals surface area contributed by atoms with Crippen LogP contribution in [0, 0.1) is 6.92 Å². The summed E-state index contributed by atoms with van der Waals surface area (Å²) in [5, 5.41) is 0. The molecule has 28 heavy (non-hydrogen) atoms. The number of aromatic nitrogens is 2. The molecule has 0 fully saturated rings. The van der Waals surface area contributed by atoms with Crippen LogP contribution in [-0.4, -0.2) is 28.6 Å². The van der Waals surface area contributed by atoms with Crippen LogP contribution in [-0.2, 0) is 16.1 Å². The van der Waals surface area contributed by atoms with Gasteiger partial charge in [0.25, 0.3) is 5.56 Å². The fourth-order valence-electron chi connectivity index (χ4n) is 2.96. The van der Waals surface area contributed by atoms with E-state index >= 15 is 0 Å². The minimum atomic E-state index is -0.527. The molecule has 7 nitrogen and oxygen atoms in total. The lowest BCUT2D eigenvalue weighted by Gasteiger charge is -2.18. The van der Waals surface area contributed by atoms with Crippen molar-refractivity contribution in [3.63, 3.8) is 0 Å². The lowest BCUT2D eigenvalue weighted by molar-refractivity contribution is -0.139. The van der Waals surface area contributed by atoms with Crippen molar-refractivity contribution < 1.29 is 19.0 Å². The summed E-state index contributed by atoms with van der Waals surface area (Å²) in [7, 11) is 0. The van der Waals surface area contributed by atoms with Crippen LogP contribution in [0.15, 0.2) is 53.3 Å². The Kier molecular flexibility index (Phi) is 4.80. The van der Waals surface area contributed by atoms with E-state index in [-0.39, 0.29) is 12.2 Å². The maximum Gasteiger partial charge on any atom is 0.331 e. The number of pyridine rings is 1. The third-order valence-corrected chi connectivity index (χ3v) is 4.27. The normalized spacial score (nSPS) is 13.0. The van der Waals surface area contributed by atoms with E-state index in [0.717, 1.165) is 11.3 Å².